The summed E-state index contributed by atoms with van der Waals surface area (Å²) >= 11 is 0. The molecular weight excluding hydrogens is 226 g/mol. The first-order valence-electron chi connectivity index (χ1n) is 6.86. The number of aromatic nitrogens is 2. The SMILES string of the molecule is CC(=O)CC1CCCCN1CCc1cnn(C)c1. The summed E-state index contributed by atoms with van der Waals surface area (Å²) in [6, 6.07) is 0.466. The van der Waals surface area contributed by atoms with Gasteiger partial charge in [0.15, 0.2) is 0 Å². The Bertz CT molecular complexity index is 399. The average molecular weight is 249 g/mol. The number of ketones is 1. The van der Waals surface area contributed by atoms with E-state index in [-0.39, 0.29) is 0 Å². The Morgan fingerprint density at radius 1 is 1.50 bits per heavy atom. The van der Waals surface area contributed by atoms with Gasteiger partial charge in [-0.25, -0.2) is 0 Å². The molecular formula is C14H23N3O. The van der Waals surface area contributed by atoms with E-state index in [0.29, 0.717) is 18.2 Å². The average Bonchev–Trinajstić information content (AvgIpc) is 2.73. The third-order valence-electron chi connectivity index (χ3n) is 3.72. The van der Waals surface area contributed by atoms with E-state index in [1.54, 1.807) is 6.92 Å². The second-order valence-corrected chi connectivity index (χ2v) is 5.36. The molecule has 100 valence electrons. The minimum Gasteiger partial charge on any atom is -0.300 e. The molecule has 0 spiro atoms. The number of rotatable bonds is 5. The number of Topliss-reactive ketones (excluding diaryl/α,β-unsaturated/α-hetero) is 1. The van der Waals surface area contributed by atoms with Crippen LogP contribution in [0.2, 0.25) is 0 Å². The number of aryl methyl sites for hydroxylation is 1. The lowest BCUT2D eigenvalue weighted by Crippen LogP contribution is -2.41. The van der Waals surface area contributed by atoms with E-state index < -0.39 is 0 Å². The maximum absolute atomic E-state index is 11.3. The molecule has 4 heteroatoms. The van der Waals surface area contributed by atoms with Gasteiger partial charge in [0.05, 0.1) is 6.20 Å². The van der Waals surface area contributed by atoms with Crippen LogP contribution in [0.5, 0.6) is 0 Å². The molecule has 0 aliphatic carbocycles. The smallest absolute Gasteiger partial charge is 0.131 e. The van der Waals surface area contributed by atoms with Gasteiger partial charge in [-0.15, -0.1) is 0 Å². The Balaban J connectivity index is 1.87. The molecule has 0 saturated carbocycles. The van der Waals surface area contributed by atoms with Gasteiger partial charge in [-0.1, -0.05) is 6.42 Å². The Hall–Kier alpha value is -1.16. The third kappa shape index (κ3) is 3.67. The summed E-state index contributed by atoms with van der Waals surface area (Å²) in [6.07, 6.45) is 9.46. The highest BCUT2D eigenvalue weighted by molar-refractivity contribution is 5.76. The van der Waals surface area contributed by atoms with Crippen molar-refractivity contribution in [2.24, 2.45) is 7.05 Å². The van der Waals surface area contributed by atoms with Crippen LogP contribution < -0.4 is 0 Å². The van der Waals surface area contributed by atoms with Crippen molar-refractivity contribution < 1.29 is 4.79 Å². The van der Waals surface area contributed by atoms with Crippen LogP contribution in [-0.2, 0) is 18.3 Å². The number of piperidine rings is 1. The van der Waals surface area contributed by atoms with Gasteiger partial charge in [0.1, 0.15) is 5.78 Å². The van der Waals surface area contributed by atoms with Crippen molar-refractivity contribution in [3.05, 3.63) is 18.0 Å². The van der Waals surface area contributed by atoms with Crippen LogP contribution in [0.1, 0.15) is 38.2 Å². The van der Waals surface area contributed by atoms with E-state index in [9.17, 15) is 4.79 Å². The molecule has 0 amide bonds. The van der Waals surface area contributed by atoms with E-state index in [4.69, 9.17) is 0 Å². The van der Waals surface area contributed by atoms with Gasteiger partial charge in [0.2, 0.25) is 0 Å². The molecule has 0 N–H and O–H groups in total. The molecule has 2 rings (SSSR count). The standard InChI is InChI=1S/C14H23N3O/c1-12(18)9-14-5-3-4-7-17(14)8-6-13-10-15-16(2)11-13/h10-11,14H,3-9H2,1-2H3. The molecule has 0 radical (unpaired) electrons. The quantitative estimate of drug-likeness (QED) is 0.798. The van der Waals surface area contributed by atoms with Crippen molar-refractivity contribution in [1.82, 2.24) is 14.7 Å². The Morgan fingerprint density at radius 3 is 3.00 bits per heavy atom. The molecule has 2 heterocycles. The molecule has 18 heavy (non-hydrogen) atoms. The molecule has 1 atom stereocenters. The summed E-state index contributed by atoms with van der Waals surface area (Å²) in [4.78, 5) is 13.8. The van der Waals surface area contributed by atoms with Crippen LogP contribution in [0.15, 0.2) is 12.4 Å². The number of hydrogen-bond acceptors (Lipinski definition) is 3. The Labute approximate surface area is 109 Å². The molecule has 1 saturated heterocycles. The first kappa shape index (κ1) is 13.3. The van der Waals surface area contributed by atoms with Gasteiger partial charge in [-0.2, -0.15) is 5.10 Å². The normalized spacial score (nSPS) is 21.1. The predicted molar refractivity (Wildman–Crippen MR) is 71.4 cm³/mol. The van der Waals surface area contributed by atoms with Crippen molar-refractivity contribution >= 4 is 5.78 Å². The number of likely N-dealkylation sites (tertiary alicyclic amines) is 1. The minimum atomic E-state index is 0.313. The van der Waals surface area contributed by atoms with Crippen LogP contribution in [0, 0.1) is 0 Å². The Morgan fingerprint density at radius 2 is 2.33 bits per heavy atom. The zero-order chi connectivity index (χ0) is 13.0. The van der Waals surface area contributed by atoms with Crippen LogP contribution >= 0.6 is 0 Å². The summed E-state index contributed by atoms with van der Waals surface area (Å²) in [7, 11) is 1.95. The fourth-order valence-electron chi connectivity index (χ4n) is 2.79. The molecule has 1 aromatic heterocycles. The highest BCUT2D eigenvalue weighted by Gasteiger charge is 2.23. The van der Waals surface area contributed by atoms with Crippen molar-refractivity contribution in [2.45, 2.75) is 45.1 Å². The lowest BCUT2D eigenvalue weighted by atomic mass is 9.97. The maximum Gasteiger partial charge on any atom is 0.131 e. The van der Waals surface area contributed by atoms with Gasteiger partial charge in [-0.05, 0) is 38.3 Å². The van der Waals surface area contributed by atoms with Crippen LogP contribution in [-0.4, -0.2) is 39.6 Å². The lowest BCUT2D eigenvalue weighted by molar-refractivity contribution is -0.118. The topological polar surface area (TPSA) is 38.1 Å². The monoisotopic (exact) mass is 249 g/mol. The molecule has 1 fully saturated rings. The van der Waals surface area contributed by atoms with Crippen molar-refractivity contribution in [3.8, 4) is 0 Å². The lowest BCUT2D eigenvalue weighted by Gasteiger charge is -2.35. The number of nitrogens with zero attached hydrogens (tertiary/aromatic N) is 3. The zero-order valence-electron chi connectivity index (χ0n) is 11.4. The predicted octanol–water partition coefficient (Wildman–Crippen LogP) is 1.80. The summed E-state index contributed by atoms with van der Waals surface area (Å²) in [5, 5.41) is 4.19. The van der Waals surface area contributed by atoms with Gasteiger partial charge in [0, 0.05) is 32.3 Å². The van der Waals surface area contributed by atoms with Crippen molar-refractivity contribution in [1.29, 1.82) is 0 Å². The highest BCUT2D eigenvalue weighted by atomic mass is 16.1. The van der Waals surface area contributed by atoms with E-state index >= 15 is 0 Å². The molecule has 1 aromatic rings. The third-order valence-corrected chi connectivity index (χ3v) is 3.72. The molecule has 0 bridgehead atoms. The van der Waals surface area contributed by atoms with E-state index in [2.05, 4.69) is 16.2 Å². The molecule has 4 nitrogen and oxygen atoms in total. The van der Waals surface area contributed by atoms with Gasteiger partial charge < -0.3 is 0 Å². The maximum atomic E-state index is 11.3. The summed E-state index contributed by atoms with van der Waals surface area (Å²) in [6.45, 7) is 3.88. The van der Waals surface area contributed by atoms with Crippen molar-refractivity contribution in [3.63, 3.8) is 0 Å². The fourth-order valence-corrected chi connectivity index (χ4v) is 2.79. The van der Waals surface area contributed by atoms with E-state index in [1.165, 1.54) is 24.8 Å². The van der Waals surface area contributed by atoms with Gasteiger partial charge in [-0.3, -0.25) is 14.4 Å². The minimum absolute atomic E-state index is 0.313. The first-order chi connectivity index (χ1) is 8.65. The molecule has 1 unspecified atom stereocenters. The summed E-state index contributed by atoms with van der Waals surface area (Å²) in [5.74, 6) is 0.313. The first-order valence-corrected chi connectivity index (χ1v) is 6.86. The number of carbonyl (C=O) groups is 1. The summed E-state index contributed by atoms with van der Waals surface area (Å²) < 4.78 is 1.85. The number of carbonyl (C=O) groups excluding carboxylic acids is 1. The second kappa shape index (κ2) is 6.14. The molecule has 0 aromatic carbocycles. The fraction of sp³-hybridized carbons (Fsp3) is 0.714. The summed E-state index contributed by atoms with van der Waals surface area (Å²) in [5.41, 5.74) is 1.28. The van der Waals surface area contributed by atoms with Gasteiger partial charge in [0.25, 0.3) is 0 Å². The number of hydrogen-bond donors (Lipinski definition) is 0. The Kier molecular flexibility index (Phi) is 4.53. The highest BCUT2D eigenvalue weighted by Crippen LogP contribution is 2.20. The van der Waals surface area contributed by atoms with Crippen LogP contribution in [0.25, 0.3) is 0 Å². The molecule has 1 aliphatic rings. The van der Waals surface area contributed by atoms with Crippen molar-refractivity contribution in [2.75, 3.05) is 13.1 Å². The van der Waals surface area contributed by atoms with Crippen LogP contribution in [0.3, 0.4) is 0 Å². The molecule has 1 aliphatic heterocycles. The van der Waals surface area contributed by atoms with E-state index in [1.807, 2.05) is 17.9 Å². The second-order valence-electron chi connectivity index (χ2n) is 5.36. The van der Waals surface area contributed by atoms with Gasteiger partial charge >= 0.3 is 0 Å². The van der Waals surface area contributed by atoms with E-state index in [0.717, 1.165) is 19.5 Å². The largest absolute Gasteiger partial charge is 0.300 e. The van der Waals surface area contributed by atoms with Crippen LogP contribution in [0.4, 0.5) is 0 Å². The zero-order valence-corrected chi connectivity index (χ0v) is 11.4.